The normalized spacial score (nSPS) is 15.8. The van der Waals surface area contributed by atoms with Crippen molar-refractivity contribution in [2.45, 2.75) is 58.5 Å². The van der Waals surface area contributed by atoms with Gasteiger partial charge in [-0.05, 0) is 52.5 Å². The lowest BCUT2D eigenvalue weighted by Crippen LogP contribution is -2.43. The maximum absolute atomic E-state index is 12.5. The molecule has 0 N–H and O–H groups in total. The minimum Gasteiger partial charge on any atom is -0.458 e. The highest BCUT2D eigenvalue weighted by Crippen LogP contribution is 2.24. The zero-order valence-corrected chi connectivity index (χ0v) is 17.3. The van der Waals surface area contributed by atoms with Crippen molar-refractivity contribution in [2.24, 2.45) is 0 Å². The molecule has 2 amide bonds. The van der Waals surface area contributed by atoms with E-state index >= 15 is 0 Å². The third kappa shape index (κ3) is 5.01. The van der Waals surface area contributed by atoms with E-state index in [9.17, 15) is 14.4 Å². The smallest absolute Gasteiger partial charge is 0.334 e. The summed E-state index contributed by atoms with van der Waals surface area (Å²) in [6.07, 6.45) is -0.588. The number of fused-ring (bicyclic) bond motifs is 1. The molecule has 1 atom stereocenters. The molecule has 0 bridgehead atoms. The Hall–Kier alpha value is -1.99. The van der Waals surface area contributed by atoms with E-state index in [2.05, 4.69) is 0 Å². The first kappa shape index (κ1) is 20.3. The van der Waals surface area contributed by atoms with Crippen LogP contribution in [0, 0.1) is 0 Å². The van der Waals surface area contributed by atoms with Gasteiger partial charge in [0.15, 0.2) is 8.32 Å². The van der Waals surface area contributed by atoms with Crippen LogP contribution in [0.3, 0.4) is 0 Å². The number of hydrogen-bond donors (Lipinski definition) is 0. The predicted octanol–water partition coefficient (Wildman–Crippen LogP) is 3.23. The van der Waals surface area contributed by atoms with Crippen molar-refractivity contribution in [1.82, 2.24) is 4.90 Å². The van der Waals surface area contributed by atoms with Crippen LogP contribution in [0.4, 0.5) is 0 Å². The molecule has 0 aromatic heterocycles. The average Bonchev–Trinajstić information content (AvgIpc) is 2.73. The van der Waals surface area contributed by atoms with E-state index in [0.29, 0.717) is 11.1 Å². The molecule has 0 saturated heterocycles. The molecule has 0 saturated carbocycles. The van der Waals surface area contributed by atoms with Crippen LogP contribution < -0.4 is 0 Å². The van der Waals surface area contributed by atoms with Crippen LogP contribution >= 0.6 is 0 Å². The molecule has 2 rings (SSSR count). The number of hydrogen-bond acceptors (Lipinski definition) is 5. The Morgan fingerprint density at radius 1 is 1.08 bits per heavy atom. The highest BCUT2D eigenvalue weighted by atomic mass is 28.4. The quantitative estimate of drug-likeness (QED) is 0.432. The number of benzene rings is 1. The summed E-state index contributed by atoms with van der Waals surface area (Å²) in [5.41, 5.74) is 0.170. The molecule has 142 valence electrons. The first-order valence-electron chi connectivity index (χ1n) is 8.75. The summed E-state index contributed by atoms with van der Waals surface area (Å²) in [4.78, 5) is 38.6. The number of rotatable bonds is 6. The van der Waals surface area contributed by atoms with E-state index in [1.807, 2.05) is 19.6 Å². The minimum absolute atomic E-state index is 0.112. The van der Waals surface area contributed by atoms with E-state index in [-0.39, 0.29) is 24.8 Å². The minimum atomic E-state index is -2.02. The molecule has 0 radical (unpaired) electrons. The van der Waals surface area contributed by atoms with Gasteiger partial charge in [0.1, 0.15) is 11.7 Å². The van der Waals surface area contributed by atoms with Gasteiger partial charge in [0.25, 0.3) is 11.8 Å². The molecular weight excluding hydrogens is 350 g/mol. The van der Waals surface area contributed by atoms with Crippen molar-refractivity contribution in [3.8, 4) is 0 Å². The topological polar surface area (TPSA) is 72.9 Å². The van der Waals surface area contributed by atoms with Crippen molar-refractivity contribution >= 4 is 26.1 Å². The Morgan fingerprint density at radius 2 is 1.58 bits per heavy atom. The lowest BCUT2D eigenvalue weighted by atomic mass is 10.1. The van der Waals surface area contributed by atoms with Crippen LogP contribution in [0.25, 0.3) is 0 Å². The summed E-state index contributed by atoms with van der Waals surface area (Å²) < 4.78 is 11.4. The Morgan fingerprint density at radius 3 is 2.00 bits per heavy atom. The van der Waals surface area contributed by atoms with Gasteiger partial charge in [0, 0.05) is 13.0 Å². The maximum Gasteiger partial charge on any atom is 0.334 e. The molecule has 1 aromatic carbocycles. The molecule has 0 fully saturated rings. The van der Waals surface area contributed by atoms with Crippen molar-refractivity contribution in [3.05, 3.63) is 35.4 Å². The van der Waals surface area contributed by atoms with Crippen LogP contribution in [-0.2, 0) is 14.0 Å². The van der Waals surface area contributed by atoms with Gasteiger partial charge in [-0.2, -0.15) is 0 Å². The second-order valence-corrected chi connectivity index (χ2v) is 12.8. The number of nitrogens with zero attached hydrogens (tertiary/aromatic N) is 1. The maximum atomic E-state index is 12.5. The summed E-state index contributed by atoms with van der Waals surface area (Å²) in [6.45, 7) is 11.4. The number of esters is 1. The summed E-state index contributed by atoms with van der Waals surface area (Å²) >= 11 is 0. The van der Waals surface area contributed by atoms with E-state index in [1.165, 1.54) is 4.90 Å². The molecule has 1 unspecified atom stereocenters. The van der Waals surface area contributed by atoms with Crippen LogP contribution in [0.15, 0.2) is 24.3 Å². The molecule has 1 aromatic rings. The second kappa shape index (κ2) is 7.32. The zero-order valence-electron chi connectivity index (χ0n) is 16.3. The molecule has 6 nitrogen and oxygen atoms in total. The first-order chi connectivity index (χ1) is 11.9. The number of ether oxygens (including phenoxy) is 1. The third-order valence-corrected chi connectivity index (χ3v) is 4.65. The highest BCUT2D eigenvalue weighted by Gasteiger charge is 2.37. The molecule has 1 aliphatic heterocycles. The molecular formula is C19H27NO5Si. The van der Waals surface area contributed by atoms with E-state index in [1.54, 1.807) is 45.0 Å². The van der Waals surface area contributed by atoms with E-state index in [0.717, 1.165) is 0 Å². The van der Waals surface area contributed by atoms with Gasteiger partial charge in [-0.25, -0.2) is 4.79 Å². The molecule has 26 heavy (non-hydrogen) atoms. The fraction of sp³-hybridized carbons (Fsp3) is 0.526. The summed E-state index contributed by atoms with van der Waals surface area (Å²) in [5, 5.41) is 0. The fourth-order valence-electron chi connectivity index (χ4n) is 2.71. The fourth-order valence-corrected chi connectivity index (χ4v) is 3.78. The van der Waals surface area contributed by atoms with Gasteiger partial charge in [-0.3, -0.25) is 14.5 Å². The third-order valence-electron chi connectivity index (χ3n) is 3.66. The highest BCUT2D eigenvalue weighted by molar-refractivity contribution is 6.69. The first-order valence-corrected chi connectivity index (χ1v) is 12.2. The Balaban J connectivity index is 2.11. The monoisotopic (exact) mass is 377 g/mol. The number of carbonyl (C=O) groups excluding carboxylic acids is 3. The summed E-state index contributed by atoms with van der Waals surface area (Å²) in [6, 6.07) is 6.73. The van der Waals surface area contributed by atoms with Crippen molar-refractivity contribution in [3.63, 3.8) is 0 Å². The Labute approximate surface area is 155 Å². The van der Waals surface area contributed by atoms with Crippen molar-refractivity contribution < 1.29 is 23.5 Å². The lowest BCUT2D eigenvalue weighted by Gasteiger charge is -2.29. The predicted molar refractivity (Wildman–Crippen MR) is 100 cm³/mol. The molecule has 1 heterocycles. The standard InChI is InChI=1S/C19H27NO5Si/c1-19(2,3)24-18(23)15(25-26(4,5)6)11-12-20-16(21)13-9-7-8-10-14(13)17(20)22/h7-10,15H,11-12H2,1-6H3. The Bertz CT molecular complexity index is 682. The van der Waals surface area contributed by atoms with Gasteiger partial charge in [-0.15, -0.1) is 0 Å². The number of carbonyl (C=O) groups is 3. The van der Waals surface area contributed by atoms with Gasteiger partial charge in [-0.1, -0.05) is 12.1 Å². The van der Waals surface area contributed by atoms with Crippen LogP contribution in [0.5, 0.6) is 0 Å². The van der Waals surface area contributed by atoms with Crippen molar-refractivity contribution in [2.75, 3.05) is 6.54 Å². The van der Waals surface area contributed by atoms with Crippen LogP contribution in [0.1, 0.15) is 47.9 Å². The molecule has 7 heteroatoms. The molecule has 0 aliphatic carbocycles. The number of imide groups is 1. The van der Waals surface area contributed by atoms with Crippen molar-refractivity contribution in [1.29, 1.82) is 0 Å². The summed E-state index contributed by atoms with van der Waals surface area (Å²) in [7, 11) is -2.02. The largest absolute Gasteiger partial charge is 0.458 e. The Kier molecular flexibility index (Phi) is 5.72. The molecule has 0 spiro atoms. The van der Waals surface area contributed by atoms with Gasteiger partial charge in [0.05, 0.1) is 11.1 Å². The summed E-state index contributed by atoms with van der Waals surface area (Å²) in [5.74, 6) is -1.13. The average molecular weight is 378 g/mol. The van der Waals surface area contributed by atoms with Gasteiger partial charge >= 0.3 is 5.97 Å². The van der Waals surface area contributed by atoms with Crippen LogP contribution in [0.2, 0.25) is 19.6 Å². The SMILES string of the molecule is CC(C)(C)OC(=O)C(CCN1C(=O)c2ccccc2C1=O)O[Si](C)(C)C. The van der Waals surface area contributed by atoms with Gasteiger partial charge < -0.3 is 9.16 Å². The second-order valence-electron chi connectivity index (χ2n) is 8.35. The molecule has 1 aliphatic rings. The number of amides is 2. The van der Waals surface area contributed by atoms with E-state index < -0.39 is 26.0 Å². The zero-order chi connectivity index (χ0) is 19.7. The van der Waals surface area contributed by atoms with Gasteiger partial charge in [0.2, 0.25) is 0 Å². The van der Waals surface area contributed by atoms with Crippen LogP contribution in [-0.4, -0.2) is 49.3 Å². The van der Waals surface area contributed by atoms with E-state index in [4.69, 9.17) is 9.16 Å². The lowest BCUT2D eigenvalue weighted by molar-refractivity contribution is -0.164.